The Bertz CT molecular complexity index is 453. The second kappa shape index (κ2) is 5.41. The van der Waals surface area contributed by atoms with Crippen molar-refractivity contribution in [3.8, 4) is 0 Å². The fraction of sp³-hybridized carbons (Fsp3) is 0.500. The molecule has 1 saturated heterocycles. The standard InChI is InChI=1S/C14H18BrNO2/c1-10-4-5-11(15)8-12(10)13(17)16-9-14(2)6-3-7-18-14/h4-5,8H,3,6-7,9H2,1-2H3,(H,16,17). The average Bonchev–Trinajstić information content (AvgIpc) is 2.77. The van der Waals surface area contributed by atoms with E-state index in [1.54, 1.807) is 0 Å². The smallest absolute Gasteiger partial charge is 0.251 e. The number of hydrogen-bond donors (Lipinski definition) is 1. The summed E-state index contributed by atoms with van der Waals surface area (Å²) in [6.45, 7) is 5.35. The van der Waals surface area contributed by atoms with Gasteiger partial charge in [-0.25, -0.2) is 0 Å². The largest absolute Gasteiger partial charge is 0.373 e. The van der Waals surface area contributed by atoms with Crippen LogP contribution >= 0.6 is 15.9 Å². The molecular formula is C14H18BrNO2. The molecule has 18 heavy (non-hydrogen) atoms. The molecule has 0 spiro atoms. The molecule has 0 radical (unpaired) electrons. The molecule has 1 aromatic rings. The molecule has 0 bridgehead atoms. The third-order valence-corrected chi connectivity index (χ3v) is 3.86. The number of aryl methyl sites for hydroxylation is 1. The zero-order chi connectivity index (χ0) is 13.2. The number of halogens is 1. The van der Waals surface area contributed by atoms with Crippen LogP contribution in [0.2, 0.25) is 0 Å². The number of hydrogen-bond acceptors (Lipinski definition) is 2. The number of nitrogens with one attached hydrogen (secondary N) is 1. The highest BCUT2D eigenvalue weighted by Gasteiger charge is 2.30. The maximum absolute atomic E-state index is 12.1. The topological polar surface area (TPSA) is 38.3 Å². The predicted molar refractivity (Wildman–Crippen MR) is 74.8 cm³/mol. The Kier molecular flexibility index (Phi) is 4.07. The first kappa shape index (κ1) is 13.6. The minimum atomic E-state index is -0.199. The zero-order valence-electron chi connectivity index (χ0n) is 10.8. The van der Waals surface area contributed by atoms with Gasteiger partial charge in [0.25, 0.3) is 5.91 Å². The molecule has 3 nitrogen and oxygen atoms in total. The normalized spacial score (nSPS) is 23.1. The van der Waals surface area contributed by atoms with Crippen LogP contribution < -0.4 is 5.32 Å². The highest BCUT2D eigenvalue weighted by atomic mass is 79.9. The Hall–Kier alpha value is -0.870. The van der Waals surface area contributed by atoms with Crippen molar-refractivity contribution in [2.45, 2.75) is 32.3 Å². The number of ether oxygens (including phenoxy) is 1. The Morgan fingerprint density at radius 3 is 3.00 bits per heavy atom. The summed E-state index contributed by atoms with van der Waals surface area (Å²) in [6.07, 6.45) is 2.08. The first-order valence-corrected chi connectivity index (χ1v) is 6.98. The molecule has 2 rings (SSSR count). The monoisotopic (exact) mass is 311 g/mol. The summed E-state index contributed by atoms with van der Waals surface area (Å²) >= 11 is 3.39. The van der Waals surface area contributed by atoms with E-state index in [0.29, 0.717) is 12.1 Å². The molecule has 1 fully saturated rings. The van der Waals surface area contributed by atoms with E-state index in [1.807, 2.05) is 32.0 Å². The van der Waals surface area contributed by atoms with Crippen LogP contribution in [0.25, 0.3) is 0 Å². The highest BCUT2D eigenvalue weighted by Crippen LogP contribution is 2.24. The molecule has 98 valence electrons. The molecule has 1 amide bonds. The van der Waals surface area contributed by atoms with Crippen molar-refractivity contribution in [1.82, 2.24) is 5.32 Å². The van der Waals surface area contributed by atoms with Gasteiger partial charge in [0.05, 0.1) is 5.60 Å². The fourth-order valence-electron chi connectivity index (χ4n) is 2.18. The Morgan fingerprint density at radius 1 is 1.56 bits per heavy atom. The van der Waals surface area contributed by atoms with E-state index in [2.05, 4.69) is 21.2 Å². The Morgan fingerprint density at radius 2 is 2.33 bits per heavy atom. The van der Waals surface area contributed by atoms with Gasteiger partial charge in [0.2, 0.25) is 0 Å². The zero-order valence-corrected chi connectivity index (χ0v) is 12.3. The molecule has 1 atom stereocenters. The van der Waals surface area contributed by atoms with Gasteiger partial charge in [0.15, 0.2) is 0 Å². The lowest BCUT2D eigenvalue weighted by atomic mass is 10.0. The van der Waals surface area contributed by atoms with Gasteiger partial charge in [0, 0.05) is 23.2 Å². The van der Waals surface area contributed by atoms with Crippen molar-refractivity contribution < 1.29 is 9.53 Å². The van der Waals surface area contributed by atoms with Crippen molar-refractivity contribution in [3.05, 3.63) is 33.8 Å². The first-order chi connectivity index (χ1) is 8.50. The van der Waals surface area contributed by atoms with Crippen LogP contribution in [-0.4, -0.2) is 24.7 Å². The van der Waals surface area contributed by atoms with Crippen LogP contribution in [0.4, 0.5) is 0 Å². The van der Waals surface area contributed by atoms with Crippen molar-refractivity contribution in [1.29, 1.82) is 0 Å². The molecule has 1 aliphatic rings. The van der Waals surface area contributed by atoms with E-state index in [4.69, 9.17) is 4.74 Å². The average molecular weight is 312 g/mol. The van der Waals surface area contributed by atoms with Gasteiger partial charge in [-0.1, -0.05) is 22.0 Å². The number of rotatable bonds is 3. The van der Waals surface area contributed by atoms with Gasteiger partial charge in [0.1, 0.15) is 0 Å². The lowest BCUT2D eigenvalue weighted by Gasteiger charge is -2.23. The van der Waals surface area contributed by atoms with E-state index >= 15 is 0 Å². The molecule has 1 unspecified atom stereocenters. The van der Waals surface area contributed by atoms with Crippen molar-refractivity contribution in [2.75, 3.05) is 13.2 Å². The lowest BCUT2D eigenvalue weighted by Crippen LogP contribution is -2.40. The van der Waals surface area contributed by atoms with E-state index < -0.39 is 0 Å². The number of carbonyl (C=O) groups is 1. The molecular weight excluding hydrogens is 294 g/mol. The van der Waals surface area contributed by atoms with E-state index in [-0.39, 0.29) is 11.5 Å². The molecule has 1 N–H and O–H groups in total. The summed E-state index contributed by atoms with van der Waals surface area (Å²) in [4.78, 5) is 12.1. The second-order valence-corrected chi connectivity index (χ2v) is 5.96. The van der Waals surface area contributed by atoms with Crippen LogP contribution in [0, 0.1) is 6.92 Å². The molecule has 1 aliphatic heterocycles. The number of carbonyl (C=O) groups excluding carboxylic acids is 1. The maximum atomic E-state index is 12.1. The van der Waals surface area contributed by atoms with Crippen LogP contribution in [0.3, 0.4) is 0 Å². The summed E-state index contributed by atoms with van der Waals surface area (Å²) in [5, 5.41) is 2.96. The summed E-state index contributed by atoms with van der Waals surface area (Å²) in [7, 11) is 0. The van der Waals surface area contributed by atoms with Gasteiger partial charge in [-0.05, 0) is 44.4 Å². The summed E-state index contributed by atoms with van der Waals surface area (Å²) < 4.78 is 6.57. The summed E-state index contributed by atoms with van der Waals surface area (Å²) in [6, 6.07) is 5.72. The van der Waals surface area contributed by atoms with Gasteiger partial charge < -0.3 is 10.1 Å². The van der Waals surface area contributed by atoms with Crippen LogP contribution in [0.5, 0.6) is 0 Å². The van der Waals surface area contributed by atoms with Crippen LogP contribution in [-0.2, 0) is 4.74 Å². The highest BCUT2D eigenvalue weighted by molar-refractivity contribution is 9.10. The molecule has 1 heterocycles. The third kappa shape index (κ3) is 3.12. The van der Waals surface area contributed by atoms with Gasteiger partial charge in [-0.2, -0.15) is 0 Å². The lowest BCUT2D eigenvalue weighted by molar-refractivity contribution is 0.0206. The predicted octanol–water partition coefficient (Wildman–Crippen LogP) is 3.06. The van der Waals surface area contributed by atoms with Crippen molar-refractivity contribution >= 4 is 21.8 Å². The minimum Gasteiger partial charge on any atom is -0.373 e. The van der Waals surface area contributed by atoms with Crippen LogP contribution in [0.15, 0.2) is 22.7 Å². The number of benzene rings is 1. The Labute approximate surface area is 116 Å². The van der Waals surface area contributed by atoms with Gasteiger partial charge in [-0.15, -0.1) is 0 Å². The van der Waals surface area contributed by atoms with Gasteiger partial charge in [-0.3, -0.25) is 4.79 Å². The summed E-state index contributed by atoms with van der Waals surface area (Å²) in [5.41, 5.74) is 1.49. The van der Waals surface area contributed by atoms with Crippen LogP contribution in [0.1, 0.15) is 35.7 Å². The number of amides is 1. The van der Waals surface area contributed by atoms with Crippen molar-refractivity contribution in [3.63, 3.8) is 0 Å². The summed E-state index contributed by atoms with van der Waals surface area (Å²) in [5.74, 6) is -0.0366. The molecule has 4 heteroatoms. The first-order valence-electron chi connectivity index (χ1n) is 6.18. The van der Waals surface area contributed by atoms with Gasteiger partial charge >= 0.3 is 0 Å². The molecule has 0 aliphatic carbocycles. The fourth-order valence-corrected chi connectivity index (χ4v) is 2.54. The van der Waals surface area contributed by atoms with E-state index in [9.17, 15) is 4.79 Å². The van der Waals surface area contributed by atoms with Crippen molar-refractivity contribution in [2.24, 2.45) is 0 Å². The Balaban J connectivity index is 2.01. The minimum absolute atomic E-state index is 0.0366. The third-order valence-electron chi connectivity index (χ3n) is 3.37. The SMILES string of the molecule is Cc1ccc(Br)cc1C(=O)NCC1(C)CCCO1. The maximum Gasteiger partial charge on any atom is 0.251 e. The van der Waals surface area contributed by atoms with E-state index in [0.717, 1.165) is 29.5 Å². The molecule has 0 saturated carbocycles. The second-order valence-electron chi connectivity index (χ2n) is 5.04. The molecule has 1 aromatic carbocycles. The molecule has 0 aromatic heterocycles. The quantitative estimate of drug-likeness (QED) is 0.931. The van der Waals surface area contributed by atoms with E-state index in [1.165, 1.54) is 0 Å².